The second-order valence-electron chi connectivity index (χ2n) is 4.97. The van der Waals surface area contributed by atoms with Crippen LogP contribution < -0.4 is 4.74 Å². The quantitative estimate of drug-likeness (QED) is 0.867. The van der Waals surface area contributed by atoms with Crippen LogP contribution in [0.15, 0.2) is 30.3 Å². The molecule has 1 fully saturated rings. The van der Waals surface area contributed by atoms with E-state index in [-0.39, 0.29) is 5.97 Å². The van der Waals surface area contributed by atoms with Gasteiger partial charge in [0.05, 0.1) is 25.6 Å². The Labute approximate surface area is 116 Å². The van der Waals surface area contributed by atoms with Crippen molar-refractivity contribution in [3.8, 4) is 17.0 Å². The zero-order chi connectivity index (χ0) is 14.2. The molecule has 0 atom stereocenters. The lowest BCUT2D eigenvalue weighted by atomic mass is 10.0. The largest absolute Gasteiger partial charge is 0.497 e. The topological polar surface area (TPSA) is 64.2 Å². The molecule has 1 heterocycles. The molecule has 104 valence electrons. The van der Waals surface area contributed by atoms with E-state index in [1.165, 1.54) is 7.11 Å². The van der Waals surface area contributed by atoms with E-state index in [1.54, 1.807) is 7.11 Å². The highest BCUT2D eigenvalue weighted by Crippen LogP contribution is 2.48. The summed E-state index contributed by atoms with van der Waals surface area (Å²) in [5.74, 6) is 0.611. The number of hydrogen-bond acceptors (Lipinski definition) is 4. The molecular formula is C15H16N2O3. The van der Waals surface area contributed by atoms with Gasteiger partial charge < -0.3 is 9.47 Å². The van der Waals surface area contributed by atoms with Crippen LogP contribution >= 0.6 is 0 Å². The highest BCUT2D eigenvalue weighted by atomic mass is 16.5. The third-order valence-electron chi connectivity index (χ3n) is 3.81. The van der Waals surface area contributed by atoms with Gasteiger partial charge in [-0.25, -0.2) is 0 Å². The van der Waals surface area contributed by atoms with Crippen LogP contribution in [0.2, 0.25) is 0 Å². The second kappa shape index (κ2) is 4.67. The minimum absolute atomic E-state index is 0.192. The van der Waals surface area contributed by atoms with Gasteiger partial charge in [-0.15, -0.1) is 0 Å². The molecule has 0 spiro atoms. The molecule has 1 aromatic heterocycles. The first-order valence-electron chi connectivity index (χ1n) is 6.48. The standard InChI is InChI=1S/C15H16N2O3/c1-19-11-5-3-10(4-6-11)12-9-13(17-16-12)15(7-8-15)14(18)20-2/h3-6,9H,7-8H2,1-2H3,(H,16,17). The first kappa shape index (κ1) is 12.7. The molecule has 1 aliphatic carbocycles. The number of hydrogen-bond donors (Lipinski definition) is 1. The van der Waals surface area contributed by atoms with Gasteiger partial charge in [-0.1, -0.05) is 0 Å². The van der Waals surface area contributed by atoms with Crippen molar-refractivity contribution in [2.75, 3.05) is 14.2 Å². The fraction of sp³-hybridized carbons (Fsp3) is 0.333. The Morgan fingerprint density at radius 1 is 1.25 bits per heavy atom. The number of methoxy groups -OCH3 is 2. The van der Waals surface area contributed by atoms with E-state index in [0.29, 0.717) is 0 Å². The third kappa shape index (κ3) is 1.95. The van der Waals surface area contributed by atoms with Crippen molar-refractivity contribution in [3.63, 3.8) is 0 Å². The summed E-state index contributed by atoms with van der Waals surface area (Å²) in [7, 11) is 3.05. The first-order chi connectivity index (χ1) is 9.69. The highest BCUT2D eigenvalue weighted by molar-refractivity contribution is 5.86. The van der Waals surface area contributed by atoms with Crippen LogP contribution in [-0.2, 0) is 14.9 Å². The predicted molar refractivity (Wildman–Crippen MR) is 73.5 cm³/mol. The van der Waals surface area contributed by atoms with Gasteiger partial charge in [0.1, 0.15) is 11.2 Å². The summed E-state index contributed by atoms with van der Waals surface area (Å²) >= 11 is 0. The van der Waals surface area contributed by atoms with Crippen LogP contribution in [0.25, 0.3) is 11.3 Å². The Morgan fingerprint density at radius 3 is 2.50 bits per heavy atom. The fourth-order valence-electron chi connectivity index (χ4n) is 2.38. The Morgan fingerprint density at radius 2 is 1.95 bits per heavy atom. The van der Waals surface area contributed by atoms with E-state index in [1.807, 2.05) is 30.3 Å². The monoisotopic (exact) mass is 272 g/mol. The number of esters is 1. The Hall–Kier alpha value is -2.30. The number of nitrogens with one attached hydrogen (secondary N) is 1. The van der Waals surface area contributed by atoms with E-state index in [4.69, 9.17) is 9.47 Å². The maximum Gasteiger partial charge on any atom is 0.317 e. The predicted octanol–water partition coefficient (Wildman–Crippen LogP) is 2.29. The number of rotatable bonds is 4. The second-order valence-corrected chi connectivity index (χ2v) is 4.97. The zero-order valence-corrected chi connectivity index (χ0v) is 11.5. The molecule has 0 bridgehead atoms. The number of carbonyl (C=O) groups excluding carboxylic acids is 1. The van der Waals surface area contributed by atoms with E-state index >= 15 is 0 Å². The number of nitrogens with zero attached hydrogens (tertiary/aromatic N) is 1. The van der Waals surface area contributed by atoms with Crippen molar-refractivity contribution in [3.05, 3.63) is 36.0 Å². The molecule has 0 amide bonds. The lowest BCUT2D eigenvalue weighted by Gasteiger charge is -2.08. The van der Waals surface area contributed by atoms with Crippen molar-refractivity contribution in [2.45, 2.75) is 18.3 Å². The van der Waals surface area contributed by atoms with Gasteiger partial charge in [-0.3, -0.25) is 9.89 Å². The summed E-state index contributed by atoms with van der Waals surface area (Å²) in [6.45, 7) is 0. The van der Waals surface area contributed by atoms with Gasteiger partial charge in [-0.05, 0) is 43.2 Å². The Balaban J connectivity index is 1.88. The maximum atomic E-state index is 11.8. The minimum atomic E-state index is -0.507. The van der Waals surface area contributed by atoms with Gasteiger partial charge in [0.2, 0.25) is 0 Å². The molecule has 1 N–H and O–H groups in total. The van der Waals surface area contributed by atoms with Crippen molar-refractivity contribution >= 4 is 5.97 Å². The summed E-state index contributed by atoms with van der Waals surface area (Å²) in [5.41, 5.74) is 2.12. The third-order valence-corrected chi connectivity index (χ3v) is 3.81. The average Bonchev–Trinajstić information content (AvgIpc) is 3.17. The summed E-state index contributed by atoms with van der Waals surface area (Å²) in [4.78, 5) is 11.8. The van der Waals surface area contributed by atoms with Crippen molar-refractivity contribution in [1.82, 2.24) is 10.2 Å². The highest BCUT2D eigenvalue weighted by Gasteiger charge is 2.54. The number of benzene rings is 1. The number of ether oxygens (including phenoxy) is 2. The number of aromatic nitrogens is 2. The van der Waals surface area contributed by atoms with E-state index in [9.17, 15) is 4.79 Å². The van der Waals surface area contributed by atoms with Crippen molar-refractivity contribution in [2.24, 2.45) is 0 Å². The number of aromatic amines is 1. The Bertz CT molecular complexity index is 627. The molecule has 20 heavy (non-hydrogen) atoms. The molecule has 3 rings (SSSR count). The number of H-pyrrole nitrogens is 1. The molecule has 5 nitrogen and oxygen atoms in total. The number of carbonyl (C=O) groups is 1. The lowest BCUT2D eigenvalue weighted by molar-refractivity contribution is -0.143. The normalized spacial score (nSPS) is 15.7. The molecule has 1 aromatic carbocycles. The van der Waals surface area contributed by atoms with E-state index in [2.05, 4.69) is 10.2 Å². The summed E-state index contributed by atoms with van der Waals surface area (Å²) in [6.07, 6.45) is 1.62. The maximum absolute atomic E-state index is 11.8. The van der Waals surface area contributed by atoms with Crippen LogP contribution in [0.1, 0.15) is 18.5 Å². The molecule has 5 heteroatoms. The van der Waals surface area contributed by atoms with Crippen LogP contribution in [0.3, 0.4) is 0 Å². The van der Waals surface area contributed by atoms with Crippen LogP contribution in [-0.4, -0.2) is 30.4 Å². The smallest absolute Gasteiger partial charge is 0.317 e. The zero-order valence-electron chi connectivity index (χ0n) is 11.5. The molecule has 0 radical (unpaired) electrons. The van der Waals surface area contributed by atoms with Gasteiger partial charge in [-0.2, -0.15) is 5.10 Å². The molecule has 1 aliphatic rings. The van der Waals surface area contributed by atoms with Crippen LogP contribution in [0, 0.1) is 0 Å². The van der Waals surface area contributed by atoms with Crippen LogP contribution in [0.4, 0.5) is 0 Å². The average molecular weight is 272 g/mol. The van der Waals surface area contributed by atoms with E-state index in [0.717, 1.165) is 35.5 Å². The molecule has 0 saturated heterocycles. The molecule has 2 aromatic rings. The van der Waals surface area contributed by atoms with Crippen molar-refractivity contribution in [1.29, 1.82) is 0 Å². The van der Waals surface area contributed by atoms with Gasteiger partial charge in [0.15, 0.2) is 0 Å². The van der Waals surface area contributed by atoms with Crippen LogP contribution in [0.5, 0.6) is 5.75 Å². The van der Waals surface area contributed by atoms with Gasteiger partial charge >= 0.3 is 5.97 Å². The minimum Gasteiger partial charge on any atom is -0.497 e. The molecule has 0 unspecified atom stereocenters. The van der Waals surface area contributed by atoms with Crippen molar-refractivity contribution < 1.29 is 14.3 Å². The van der Waals surface area contributed by atoms with Gasteiger partial charge in [0, 0.05) is 5.56 Å². The Kier molecular flexibility index (Phi) is 2.97. The SMILES string of the molecule is COC(=O)C1(c2cc(-c3ccc(OC)cc3)n[nH]2)CC1. The molecular weight excluding hydrogens is 256 g/mol. The lowest BCUT2D eigenvalue weighted by Crippen LogP contribution is -2.22. The van der Waals surface area contributed by atoms with E-state index < -0.39 is 5.41 Å². The summed E-state index contributed by atoms with van der Waals surface area (Å²) in [5, 5.41) is 7.26. The van der Waals surface area contributed by atoms with Gasteiger partial charge in [0.25, 0.3) is 0 Å². The first-order valence-corrected chi connectivity index (χ1v) is 6.48. The summed E-state index contributed by atoms with van der Waals surface area (Å²) in [6, 6.07) is 9.58. The summed E-state index contributed by atoms with van der Waals surface area (Å²) < 4.78 is 10.0. The molecule has 1 saturated carbocycles. The fourth-order valence-corrected chi connectivity index (χ4v) is 2.38. The molecule has 0 aliphatic heterocycles.